The van der Waals surface area contributed by atoms with E-state index < -0.39 is 5.82 Å². The molecule has 0 saturated heterocycles. The minimum atomic E-state index is -0.620. The Bertz CT molecular complexity index is 734. The molecule has 1 aromatic carbocycles. The van der Waals surface area contributed by atoms with Gasteiger partial charge in [0, 0.05) is 12.1 Å². The number of aromatic hydroxyl groups is 1. The maximum atomic E-state index is 14.1. The Kier molecular flexibility index (Phi) is 15.9. The number of ether oxygens (including phenoxy) is 1. The highest BCUT2D eigenvalue weighted by Gasteiger charge is 2.20. The van der Waals surface area contributed by atoms with Crippen molar-refractivity contribution in [3.8, 4) is 11.5 Å². The normalized spacial score (nSPS) is 13.8. The Labute approximate surface area is 194 Å². The fourth-order valence-electron chi connectivity index (χ4n) is 2.94. The molecule has 0 aliphatic carbocycles. The molecule has 0 spiro atoms. The third-order valence-corrected chi connectivity index (χ3v) is 4.95. The zero-order valence-electron chi connectivity index (χ0n) is 21.2. The van der Waals surface area contributed by atoms with Crippen LogP contribution in [0, 0.1) is 11.7 Å². The van der Waals surface area contributed by atoms with Crippen LogP contribution in [-0.2, 0) is 0 Å². The van der Waals surface area contributed by atoms with Gasteiger partial charge in [-0.15, -0.1) is 0 Å². The highest BCUT2D eigenvalue weighted by atomic mass is 19.1. The van der Waals surface area contributed by atoms with Gasteiger partial charge in [0.1, 0.15) is 23.1 Å². The number of aliphatic imine (C=N–C) groups is 2. The molecule has 0 fully saturated rings. The van der Waals surface area contributed by atoms with Crippen molar-refractivity contribution < 1.29 is 14.2 Å². The number of phenols is 1. The summed E-state index contributed by atoms with van der Waals surface area (Å²) in [6.45, 7) is 13.1. The molecule has 1 heterocycles. The highest BCUT2D eigenvalue weighted by Crippen LogP contribution is 2.28. The lowest BCUT2D eigenvalue weighted by atomic mass is 10.0. The Balaban J connectivity index is 0.000000625. The van der Waals surface area contributed by atoms with Crippen LogP contribution in [-0.4, -0.2) is 30.2 Å². The van der Waals surface area contributed by atoms with E-state index in [-0.39, 0.29) is 29.3 Å². The fraction of sp³-hybridized carbons (Fsp3) is 0.615. The number of phenolic OH excluding ortho intramolecular Hbond substituents is 1. The molecule has 0 amide bonds. The lowest BCUT2D eigenvalue weighted by Crippen LogP contribution is -2.15. The summed E-state index contributed by atoms with van der Waals surface area (Å²) in [5.74, 6) is 0.651. The van der Waals surface area contributed by atoms with Crippen molar-refractivity contribution in [2.45, 2.75) is 86.5 Å². The van der Waals surface area contributed by atoms with Gasteiger partial charge in [-0.05, 0) is 18.9 Å². The maximum absolute atomic E-state index is 14.1. The van der Waals surface area contributed by atoms with E-state index in [9.17, 15) is 9.50 Å². The van der Waals surface area contributed by atoms with Crippen molar-refractivity contribution in [1.82, 2.24) is 0 Å². The van der Waals surface area contributed by atoms with Crippen molar-refractivity contribution in [2.75, 3.05) is 13.7 Å². The summed E-state index contributed by atoms with van der Waals surface area (Å²) in [7, 11) is 1.40. The van der Waals surface area contributed by atoms with E-state index in [1.165, 1.54) is 64.2 Å². The lowest BCUT2D eigenvalue weighted by Gasteiger charge is -2.10. The molecular weight excluding hydrogens is 405 g/mol. The van der Waals surface area contributed by atoms with Crippen LogP contribution in [0.25, 0.3) is 0 Å². The number of hydrogen-bond acceptors (Lipinski definition) is 5. The summed E-state index contributed by atoms with van der Waals surface area (Å²) in [6, 6.07) is 2.52. The van der Waals surface area contributed by atoms with Gasteiger partial charge in [0.25, 0.3) is 0 Å². The predicted octanol–water partition coefficient (Wildman–Crippen LogP) is 7.02. The first-order valence-corrected chi connectivity index (χ1v) is 11.9. The zero-order valence-corrected chi connectivity index (χ0v) is 21.2. The highest BCUT2D eigenvalue weighted by molar-refractivity contribution is 6.48. The van der Waals surface area contributed by atoms with Gasteiger partial charge in [0.15, 0.2) is 0 Å². The van der Waals surface area contributed by atoms with Crippen molar-refractivity contribution >= 4 is 11.4 Å². The van der Waals surface area contributed by atoms with Crippen molar-refractivity contribution in [1.29, 1.82) is 0 Å². The van der Waals surface area contributed by atoms with Gasteiger partial charge in [-0.1, -0.05) is 79.6 Å². The van der Waals surface area contributed by atoms with E-state index in [1.807, 2.05) is 0 Å². The summed E-state index contributed by atoms with van der Waals surface area (Å²) in [6.07, 6.45) is 11.3. The number of nitrogens with zero attached hydrogens (tertiary/aromatic N) is 2. The molecule has 1 aliphatic heterocycles. The van der Waals surface area contributed by atoms with Crippen LogP contribution in [0.15, 0.2) is 34.0 Å². The first-order valence-electron chi connectivity index (χ1n) is 11.9. The molecule has 1 atom stereocenters. The van der Waals surface area contributed by atoms with Gasteiger partial charge >= 0.3 is 0 Å². The van der Waals surface area contributed by atoms with E-state index in [4.69, 9.17) is 10.5 Å². The number of methoxy groups -OCH3 is 1. The monoisotopic (exact) mass is 449 g/mol. The molecule has 0 saturated carbocycles. The largest absolute Gasteiger partial charge is 0.507 e. The Morgan fingerprint density at radius 3 is 2.34 bits per heavy atom. The first kappa shape index (κ1) is 29.6. The predicted molar refractivity (Wildman–Crippen MR) is 136 cm³/mol. The number of unbranched alkanes of at least 4 members (excludes halogenated alkanes) is 3. The van der Waals surface area contributed by atoms with Gasteiger partial charge in [-0.2, -0.15) is 0 Å². The molecular formula is C26H44FN3O2. The van der Waals surface area contributed by atoms with Crippen LogP contribution >= 0.6 is 0 Å². The van der Waals surface area contributed by atoms with Gasteiger partial charge in [0.2, 0.25) is 0 Å². The summed E-state index contributed by atoms with van der Waals surface area (Å²) in [4.78, 5) is 8.27. The number of rotatable bonds is 8. The van der Waals surface area contributed by atoms with Gasteiger partial charge < -0.3 is 15.6 Å². The van der Waals surface area contributed by atoms with Crippen molar-refractivity contribution in [3.63, 3.8) is 0 Å². The molecule has 3 N–H and O–H groups in total. The van der Waals surface area contributed by atoms with Crippen LogP contribution in [0.4, 0.5) is 4.39 Å². The van der Waals surface area contributed by atoms with Crippen LogP contribution in [0.3, 0.4) is 0 Å². The second kappa shape index (κ2) is 17.2. The van der Waals surface area contributed by atoms with Crippen molar-refractivity contribution in [3.05, 3.63) is 35.4 Å². The first-order chi connectivity index (χ1) is 15.2. The summed E-state index contributed by atoms with van der Waals surface area (Å²) in [5, 5.41) is 9.93. The lowest BCUT2D eigenvalue weighted by molar-refractivity contribution is 0.402. The Morgan fingerprint density at radius 2 is 1.81 bits per heavy atom. The van der Waals surface area contributed by atoms with E-state index >= 15 is 0 Å². The third-order valence-electron chi connectivity index (χ3n) is 4.95. The molecule has 0 unspecified atom stereocenters. The average molecular weight is 450 g/mol. The van der Waals surface area contributed by atoms with E-state index in [1.54, 1.807) is 13.0 Å². The molecule has 6 heteroatoms. The molecule has 1 aliphatic rings. The Hall–Kier alpha value is -2.37. The number of benzene rings is 1. The zero-order chi connectivity index (χ0) is 24.5. The van der Waals surface area contributed by atoms with E-state index in [2.05, 4.69) is 44.6 Å². The van der Waals surface area contributed by atoms with Gasteiger partial charge in [0.05, 0.1) is 30.6 Å². The average Bonchev–Trinajstić information content (AvgIpc) is 2.91. The molecule has 182 valence electrons. The van der Waals surface area contributed by atoms with Crippen LogP contribution < -0.4 is 10.5 Å². The molecule has 0 bridgehead atoms. The summed E-state index contributed by atoms with van der Waals surface area (Å²) < 4.78 is 18.9. The molecule has 5 nitrogen and oxygen atoms in total. The minimum Gasteiger partial charge on any atom is -0.507 e. The number of halogens is 1. The van der Waals surface area contributed by atoms with Crippen LogP contribution in [0.1, 0.15) is 92.1 Å². The number of nitrogens with two attached hydrogens (primary N) is 1. The fourth-order valence-corrected chi connectivity index (χ4v) is 2.94. The maximum Gasteiger partial charge on any atom is 0.140 e. The second-order valence-corrected chi connectivity index (χ2v) is 8.09. The minimum absolute atomic E-state index is 0.00477. The van der Waals surface area contributed by atoms with Gasteiger partial charge in [-0.25, -0.2) is 9.38 Å². The van der Waals surface area contributed by atoms with Gasteiger partial charge in [-0.3, -0.25) is 4.99 Å². The summed E-state index contributed by atoms with van der Waals surface area (Å²) in [5.41, 5.74) is 6.35. The standard InChI is InChI=1S/C13H14FN3O2.C10H22.C3H8/c1-7-13(16-4-3-11(15)17-7)12-9(14)5-8(19-2)6-10(12)18;1-4-6-7-8-9-10(3)5-2;1-3-2/h3,5-6,18H,4,15H2,1-2H3;10H,4-9H2,1-3H3;3H2,1-2H3/t;10-;/m.1./s1. The van der Waals surface area contributed by atoms with Crippen LogP contribution in [0.2, 0.25) is 0 Å². The third kappa shape index (κ3) is 11.3. The smallest absolute Gasteiger partial charge is 0.140 e. The topological polar surface area (TPSA) is 80.2 Å². The molecule has 0 aromatic heterocycles. The SMILES string of the molecule is CCC.CCCCCC[C@H](C)CC.COc1cc(O)c(C2=NCC=C(N)N=C2C)c(F)c1. The van der Waals surface area contributed by atoms with Crippen molar-refractivity contribution in [2.24, 2.45) is 21.6 Å². The molecule has 0 radical (unpaired) electrons. The van der Waals surface area contributed by atoms with Crippen LogP contribution in [0.5, 0.6) is 11.5 Å². The Morgan fingerprint density at radius 1 is 1.16 bits per heavy atom. The number of hydrogen-bond donors (Lipinski definition) is 2. The van der Waals surface area contributed by atoms with E-state index in [0.717, 1.165) is 5.92 Å². The summed E-state index contributed by atoms with van der Waals surface area (Å²) >= 11 is 0. The molecule has 1 aromatic rings. The quantitative estimate of drug-likeness (QED) is 0.418. The molecule has 2 rings (SSSR count). The van der Waals surface area contributed by atoms with E-state index in [0.29, 0.717) is 11.5 Å². The molecule has 32 heavy (non-hydrogen) atoms. The second-order valence-electron chi connectivity index (χ2n) is 8.09.